The van der Waals surface area contributed by atoms with Gasteiger partial charge in [0.15, 0.2) is 0 Å². The molecule has 140 valence electrons. The maximum atomic E-state index is 13.0. The van der Waals surface area contributed by atoms with Crippen LogP contribution < -0.4 is 10.2 Å². The maximum Gasteiger partial charge on any atom is 0.260 e. The molecule has 1 N–H and O–H groups in total. The Hall–Kier alpha value is -2.73. The second kappa shape index (κ2) is 7.48. The number of fused-ring (bicyclic) bond motifs is 1. The highest BCUT2D eigenvalue weighted by Gasteiger charge is 2.40. The van der Waals surface area contributed by atoms with Gasteiger partial charge in [0.2, 0.25) is 5.91 Å². The first kappa shape index (κ1) is 17.7. The van der Waals surface area contributed by atoms with Crippen molar-refractivity contribution in [1.29, 1.82) is 0 Å². The Bertz CT molecular complexity index is 861. The molecule has 1 aromatic heterocycles. The number of aryl methyl sites for hydroxylation is 1. The summed E-state index contributed by atoms with van der Waals surface area (Å²) in [6.45, 7) is 3.26. The minimum Gasteiger partial charge on any atom is -0.376 e. The van der Waals surface area contributed by atoms with Crippen LogP contribution in [0.3, 0.4) is 0 Å². The van der Waals surface area contributed by atoms with E-state index >= 15 is 0 Å². The summed E-state index contributed by atoms with van der Waals surface area (Å²) in [5, 5.41) is 2.95. The summed E-state index contributed by atoms with van der Waals surface area (Å²) in [5.41, 5.74) is 3.08. The van der Waals surface area contributed by atoms with E-state index in [0.29, 0.717) is 17.8 Å². The zero-order chi connectivity index (χ0) is 18.8. The SMILES string of the molecule is Cc1cccc(N2C(=O)c3cccnc3[C@H]2CC(=O)NC[C@H]2CCCO2)c1. The summed E-state index contributed by atoms with van der Waals surface area (Å²) >= 11 is 0. The van der Waals surface area contributed by atoms with Gasteiger partial charge < -0.3 is 10.1 Å². The van der Waals surface area contributed by atoms with Crippen LogP contribution in [0.4, 0.5) is 5.69 Å². The number of hydrogen-bond acceptors (Lipinski definition) is 4. The van der Waals surface area contributed by atoms with Gasteiger partial charge in [-0.05, 0) is 49.6 Å². The van der Waals surface area contributed by atoms with Crippen LogP contribution in [0.15, 0.2) is 42.6 Å². The third kappa shape index (κ3) is 3.57. The molecular weight excluding hydrogens is 342 g/mol. The van der Waals surface area contributed by atoms with Crippen LogP contribution in [0.5, 0.6) is 0 Å². The van der Waals surface area contributed by atoms with E-state index < -0.39 is 6.04 Å². The van der Waals surface area contributed by atoms with Gasteiger partial charge in [0.05, 0.1) is 29.8 Å². The summed E-state index contributed by atoms with van der Waals surface area (Å²) in [4.78, 5) is 31.7. The largest absolute Gasteiger partial charge is 0.376 e. The van der Waals surface area contributed by atoms with Crippen molar-refractivity contribution in [3.63, 3.8) is 0 Å². The summed E-state index contributed by atoms with van der Waals surface area (Å²) in [6.07, 6.45) is 3.95. The first-order valence-corrected chi connectivity index (χ1v) is 9.37. The van der Waals surface area contributed by atoms with Gasteiger partial charge in [-0.25, -0.2) is 0 Å². The van der Waals surface area contributed by atoms with Crippen molar-refractivity contribution in [2.45, 2.75) is 38.3 Å². The summed E-state index contributed by atoms with van der Waals surface area (Å²) in [5.74, 6) is -0.208. The summed E-state index contributed by atoms with van der Waals surface area (Å²) in [6, 6.07) is 10.9. The maximum absolute atomic E-state index is 13.0. The topological polar surface area (TPSA) is 71.5 Å². The van der Waals surface area contributed by atoms with Crippen LogP contribution in [0.25, 0.3) is 0 Å². The molecule has 1 saturated heterocycles. The van der Waals surface area contributed by atoms with Crippen molar-refractivity contribution < 1.29 is 14.3 Å². The normalized spacial score (nSPS) is 21.4. The molecule has 2 aliphatic heterocycles. The quantitative estimate of drug-likeness (QED) is 0.884. The molecule has 2 atom stereocenters. The lowest BCUT2D eigenvalue weighted by Crippen LogP contribution is -2.36. The van der Waals surface area contributed by atoms with Crippen LogP contribution in [0.1, 0.15) is 46.9 Å². The van der Waals surface area contributed by atoms with Gasteiger partial charge in [0.1, 0.15) is 0 Å². The van der Waals surface area contributed by atoms with Gasteiger partial charge in [-0.2, -0.15) is 0 Å². The Labute approximate surface area is 158 Å². The Morgan fingerprint density at radius 1 is 1.33 bits per heavy atom. The van der Waals surface area contributed by atoms with E-state index in [1.807, 2.05) is 31.2 Å². The average molecular weight is 365 g/mol. The fraction of sp³-hybridized carbons (Fsp3) is 0.381. The average Bonchev–Trinajstić information content (AvgIpc) is 3.28. The molecule has 1 fully saturated rings. The van der Waals surface area contributed by atoms with E-state index in [-0.39, 0.29) is 24.3 Å². The lowest BCUT2D eigenvalue weighted by atomic mass is 10.1. The lowest BCUT2D eigenvalue weighted by molar-refractivity contribution is -0.121. The number of amides is 2. The minimum atomic E-state index is -0.403. The van der Waals surface area contributed by atoms with Crippen LogP contribution in [0, 0.1) is 6.92 Å². The van der Waals surface area contributed by atoms with E-state index in [9.17, 15) is 9.59 Å². The number of anilines is 1. The van der Waals surface area contributed by atoms with E-state index in [1.165, 1.54) is 0 Å². The molecule has 0 saturated carbocycles. The lowest BCUT2D eigenvalue weighted by Gasteiger charge is -2.25. The molecule has 0 spiro atoms. The Kier molecular flexibility index (Phi) is 4.90. The number of hydrogen-bond donors (Lipinski definition) is 1. The number of carbonyl (C=O) groups is 2. The van der Waals surface area contributed by atoms with Crippen molar-refractivity contribution in [2.75, 3.05) is 18.1 Å². The molecule has 0 bridgehead atoms. The van der Waals surface area contributed by atoms with Crippen LogP contribution >= 0.6 is 0 Å². The number of aromatic nitrogens is 1. The van der Waals surface area contributed by atoms with Crippen LogP contribution in [0.2, 0.25) is 0 Å². The molecule has 6 heteroatoms. The van der Waals surface area contributed by atoms with Crippen molar-refractivity contribution in [1.82, 2.24) is 10.3 Å². The Morgan fingerprint density at radius 3 is 3.00 bits per heavy atom. The van der Waals surface area contributed by atoms with Gasteiger partial charge in [-0.1, -0.05) is 12.1 Å². The van der Waals surface area contributed by atoms with Gasteiger partial charge in [-0.15, -0.1) is 0 Å². The number of nitrogens with one attached hydrogen (secondary N) is 1. The second-order valence-electron chi connectivity index (χ2n) is 7.11. The molecular formula is C21H23N3O3. The second-order valence-corrected chi connectivity index (χ2v) is 7.11. The summed E-state index contributed by atoms with van der Waals surface area (Å²) < 4.78 is 5.56. The van der Waals surface area contributed by atoms with Gasteiger partial charge in [0.25, 0.3) is 5.91 Å². The molecule has 0 aliphatic carbocycles. The van der Waals surface area contributed by atoms with Crippen molar-refractivity contribution in [3.8, 4) is 0 Å². The molecule has 1 aromatic carbocycles. The first-order chi connectivity index (χ1) is 13.1. The third-order valence-electron chi connectivity index (χ3n) is 5.12. The standard InChI is InChI=1S/C21H23N3O3/c1-14-5-2-6-15(11-14)24-18(20-17(21(24)26)8-3-9-22-20)12-19(25)23-13-16-7-4-10-27-16/h2-3,5-6,8-9,11,16,18H,4,7,10,12-13H2,1H3,(H,23,25)/t16-,18-/m1/s1. The Morgan fingerprint density at radius 2 is 2.22 bits per heavy atom. The molecule has 27 heavy (non-hydrogen) atoms. The van der Waals surface area contributed by atoms with E-state index in [0.717, 1.165) is 30.7 Å². The molecule has 3 heterocycles. The van der Waals surface area contributed by atoms with E-state index in [2.05, 4.69) is 10.3 Å². The number of nitrogens with zero attached hydrogens (tertiary/aromatic N) is 2. The fourth-order valence-electron chi connectivity index (χ4n) is 3.80. The third-order valence-corrected chi connectivity index (χ3v) is 5.12. The predicted octanol–water partition coefficient (Wildman–Crippen LogP) is 2.78. The molecule has 6 nitrogen and oxygen atoms in total. The monoisotopic (exact) mass is 365 g/mol. The molecule has 2 amide bonds. The zero-order valence-electron chi connectivity index (χ0n) is 15.4. The fourth-order valence-corrected chi connectivity index (χ4v) is 3.80. The predicted molar refractivity (Wildman–Crippen MR) is 102 cm³/mol. The number of rotatable bonds is 5. The molecule has 4 rings (SSSR count). The molecule has 2 aliphatic rings. The first-order valence-electron chi connectivity index (χ1n) is 9.37. The summed E-state index contributed by atoms with van der Waals surface area (Å²) in [7, 11) is 0. The highest BCUT2D eigenvalue weighted by Crippen LogP contribution is 2.38. The van der Waals surface area contributed by atoms with Crippen molar-refractivity contribution in [3.05, 3.63) is 59.4 Å². The number of ether oxygens (including phenoxy) is 1. The molecule has 0 unspecified atom stereocenters. The number of pyridine rings is 1. The smallest absolute Gasteiger partial charge is 0.260 e. The number of benzene rings is 1. The highest BCUT2D eigenvalue weighted by molar-refractivity contribution is 6.11. The Balaban J connectivity index is 1.56. The highest BCUT2D eigenvalue weighted by atomic mass is 16.5. The van der Waals surface area contributed by atoms with Crippen molar-refractivity contribution >= 4 is 17.5 Å². The zero-order valence-corrected chi connectivity index (χ0v) is 15.4. The minimum absolute atomic E-state index is 0.0949. The molecule has 2 aromatic rings. The van der Waals surface area contributed by atoms with Crippen LogP contribution in [-0.2, 0) is 9.53 Å². The van der Waals surface area contributed by atoms with Gasteiger partial charge in [-0.3, -0.25) is 19.5 Å². The number of carbonyl (C=O) groups excluding carboxylic acids is 2. The van der Waals surface area contributed by atoms with E-state index in [1.54, 1.807) is 23.2 Å². The molecule has 0 radical (unpaired) electrons. The van der Waals surface area contributed by atoms with Gasteiger partial charge in [0, 0.05) is 25.0 Å². The van der Waals surface area contributed by atoms with Crippen LogP contribution in [-0.4, -0.2) is 36.1 Å². The van der Waals surface area contributed by atoms with Gasteiger partial charge >= 0.3 is 0 Å². The van der Waals surface area contributed by atoms with E-state index in [4.69, 9.17) is 4.74 Å². The van der Waals surface area contributed by atoms with Crippen molar-refractivity contribution in [2.24, 2.45) is 0 Å².